The SMILES string of the molecule is Cc1ccc(-c2cccc3c2C=C[CH]3[Hf]([CH3])([CH3])([CH3])(=[CH]Cc2ccccc2)[CH]2C=Cc3c(-c4ccc(C)cc4)cccc32)cc1. The molecule has 219 valence electrons. The average Bonchev–Trinajstić information content (AvgIpc) is 3.69. The molecule has 0 spiro atoms. The first kappa shape index (κ1) is 29.1. The van der Waals surface area contributed by atoms with Crippen molar-refractivity contribution in [2.75, 3.05) is 0 Å². The van der Waals surface area contributed by atoms with Crippen LogP contribution in [-0.4, -0.2) is 3.76 Å². The van der Waals surface area contributed by atoms with Gasteiger partial charge in [0.25, 0.3) is 0 Å². The first-order chi connectivity index (χ1) is 21.1. The average molecular weight is 738 g/mol. The van der Waals surface area contributed by atoms with Gasteiger partial charge < -0.3 is 0 Å². The van der Waals surface area contributed by atoms with Gasteiger partial charge in [0.1, 0.15) is 0 Å². The Kier molecular flexibility index (Phi) is 6.72. The Morgan fingerprint density at radius 2 is 0.977 bits per heavy atom. The normalized spacial score (nSPS) is 18.4. The van der Waals surface area contributed by atoms with Crippen molar-refractivity contribution >= 4 is 15.9 Å². The van der Waals surface area contributed by atoms with E-state index in [4.69, 9.17) is 0 Å². The van der Waals surface area contributed by atoms with Crippen LogP contribution < -0.4 is 0 Å². The number of rotatable bonds is 6. The fraction of sp³-hybridized carbons (Fsp3) is 0.186. The second kappa shape index (κ2) is 10.2. The number of aryl methyl sites for hydroxylation is 2. The van der Waals surface area contributed by atoms with E-state index in [9.17, 15) is 0 Å². The molecular formula is C43H43Hf. The van der Waals surface area contributed by atoms with Crippen LogP contribution in [0.1, 0.15) is 46.3 Å². The fourth-order valence-corrected chi connectivity index (χ4v) is 33.0. The van der Waals surface area contributed by atoms with E-state index in [1.807, 2.05) is 0 Å². The molecule has 0 radical (unpaired) electrons. The number of fused-ring (bicyclic) bond motifs is 2. The summed E-state index contributed by atoms with van der Waals surface area (Å²) in [5.74, 6) is 0. The van der Waals surface area contributed by atoms with E-state index < -0.39 is 16.5 Å². The van der Waals surface area contributed by atoms with Crippen molar-refractivity contribution in [3.8, 4) is 22.3 Å². The number of hydrogen-bond donors (Lipinski definition) is 0. The monoisotopic (exact) mass is 739 g/mol. The van der Waals surface area contributed by atoms with Gasteiger partial charge in [0.15, 0.2) is 0 Å². The van der Waals surface area contributed by atoms with Crippen molar-refractivity contribution in [3.63, 3.8) is 0 Å². The molecule has 0 saturated carbocycles. The van der Waals surface area contributed by atoms with Crippen LogP contribution in [-0.2, 0) is 23.0 Å². The van der Waals surface area contributed by atoms with Gasteiger partial charge in [0.05, 0.1) is 0 Å². The minimum absolute atomic E-state index is 0.373. The molecule has 5 aromatic rings. The van der Waals surface area contributed by atoms with Crippen LogP contribution in [0.5, 0.6) is 0 Å². The van der Waals surface area contributed by atoms with E-state index in [0.717, 1.165) is 6.42 Å². The Morgan fingerprint density at radius 1 is 0.523 bits per heavy atom. The van der Waals surface area contributed by atoms with Crippen molar-refractivity contribution < 1.29 is 16.5 Å². The van der Waals surface area contributed by atoms with Crippen molar-refractivity contribution in [3.05, 3.63) is 166 Å². The molecule has 0 heterocycles. The first-order valence-electron chi connectivity index (χ1n) is 16.2. The molecule has 0 bridgehead atoms. The zero-order valence-corrected chi connectivity index (χ0v) is 30.3. The standard InChI is InChI=1S/2C16H13.C8H8.3CH3.Hf/c2*1-12-8-10-14(11-9-12)16-7-3-5-13-4-2-6-15(13)16;1-2-8-6-4-3-5-7-8;;;;/h2*2-11H,1H3;1,3-7H,2H2;3*1H3;. The molecule has 0 amide bonds. The topological polar surface area (TPSA) is 0 Å². The van der Waals surface area contributed by atoms with E-state index in [1.165, 1.54) is 61.2 Å². The summed E-state index contributed by atoms with van der Waals surface area (Å²) in [7, 11) is 0. The Labute approximate surface area is 261 Å². The summed E-state index contributed by atoms with van der Waals surface area (Å²) in [5.41, 5.74) is 15.1. The fourth-order valence-electron chi connectivity index (χ4n) is 8.34. The molecule has 5 aromatic carbocycles. The molecule has 7 rings (SSSR count). The number of benzene rings is 5. The molecule has 1 heteroatoms. The van der Waals surface area contributed by atoms with Crippen LogP contribution in [0.25, 0.3) is 34.4 Å². The zero-order valence-electron chi connectivity index (χ0n) is 26.7. The van der Waals surface area contributed by atoms with Crippen LogP contribution in [0.2, 0.25) is 14.0 Å². The molecule has 0 aromatic heterocycles. The summed E-state index contributed by atoms with van der Waals surface area (Å²) in [4.78, 5) is 0. The quantitative estimate of drug-likeness (QED) is 0.152. The molecule has 0 N–H and O–H groups in total. The minimum atomic E-state index is -4.65. The van der Waals surface area contributed by atoms with Gasteiger partial charge in [0, 0.05) is 0 Å². The molecule has 2 unspecified atom stereocenters. The second-order valence-electron chi connectivity index (χ2n) is 15.5. The van der Waals surface area contributed by atoms with Gasteiger partial charge >= 0.3 is 263 Å². The molecule has 0 nitrogen and oxygen atoms in total. The molecule has 2 atom stereocenters. The predicted octanol–water partition coefficient (Wildman–Crippen LogP) is 11.9. The zero-order chi connectivity index (χ0) is 30.6. The predicted molar refractivity (Wildman–Crippen MR) is 191 cm³/mol. The van der Waals surface area contributed by atoms with Crippen LogP contribution in [0.4, 0.5) is 0 Å². The van der Waals surface area contributed by atoms with E-state index in [2.05, 4.69) is 171 Å². The van der Waals surface area contributed by atoms with Crippen LogP contribution >= 0.6 is 0 Å². The van der Waals surface area contributed by atoms with Crippen LogP contribution in [0.15, 0.2) is 127 Å². The second-order valence-corrected chi connectivity index (χ2v) is 54.5. The van der Waals surface area contributed by atoms with Gasteiger partial charge in [-0.2, -0.15) is 0 Å². The van der Waals surface area contributed by atoms with Crippen molar-refractivity contribution in [2.24, 2.45) is 0 Å². The first-order valence-corrected chi connectivity index (χ1v) is 33.2. The van der Waals surface area contributed by atoms with E-state index in [1.54, 1.807) is 0 Å². The van der Waals surface area contributed by atoms with Gasteiger partial charge in [-0.1, -0.05) is 0 Å². The number of hydrogen-bond acceptors (Lipinski definition) is 0. The molecular weight excluding hydrogens is 695 g/mol. The maximum atomic E-state index is 2.86. The Morgan fingerprint density at radius 3 is 1.43 bits per heavy atom. The number of allylic oxidation sites excluding steroid dienone is 2. The molecule has 2 aliphatic carbocycles. The molecule has 44 heavy (non-hydrogen) atoms. The van der Waals surface area contributed by atoms with Gasteiger partial charge in [-0.25, -0.2) is 0 Å². The van der Waals surface area contributed by atoms with Crippen molar-refractivity contribution in [2.45, 2.75) is 41.7 Å². The Hall–Kier alpha value is -3.68. The molecule has 2 aliphatic rings. The van der Waals surface area contributed by atoms with E-state index >= 15 is 0 Å². The Bertz CT molecular complexity index is 1910. The van der Waals surface area contributed by atoms with Crippen molar-refractivity contribution in [1.29, 1.82) is 0 Å². The summed E-state index contributed by atoms with van der Waals surface area (Å²) in [6, 6.07) is 43.1. The van der Waals surface area contributed by atoms with E-state index in [0.29, 0.717) is 7.35 Å². The van der Waals surface area contributed by atoms with Gasteiger partial charge in [-0.15, -0.1) is 0 Å². The summed E-state index contributed by atoms with van der Waals surface area (Å²) in [5, 5.41) is 0. The molecule has 0 saturated heterocycles. The van der Waals surface area contributed by atoms with Gasteiger partial charge in [0.2, 0.25) is 0 Å². The van der Waals surface area contributed by atoms with E-state index in [-0.39, 0.29) is 0 Å². The molecule has 0 aliphatic heterocycles. The van der Waals surface area contributed by atoms with Crippen LogP contribution in [0.3, 0.4) is 0 Å². The molecule has 0 fully saturated rings. The summed E-state index contributed by atoms with van der Waals surface area (Å²) < 4.78 is 11.8. The third-order valence-electron chi connectivity index (χ3n) is 11.2. The third kappa shape index (κ3) is 4.72. The summed E-state index contributed by atoms with van der Waals surface area (Å²) in [6.07, 6.45) is 11.0. The third-order valence-corrected chi connectivity index (χ3v) is 40.2. The summed E-state index contributed by atoms with van der Waals surface area (Å²) >= 11 is -4.65. The summed E-state index contributed by atoms with van der Waals surface area (Å²) in [6.45, 7) is 4.33. The Balaban J connectivity index is 1.43. The van der Waals surface area contributed by atoms with Gasteiger partial charge in [-0.3, -0.25) is 0 Å². The van der Waals surface area contributed by atoms with Gasteiger partial charge in [-0.05, 0) is 0 Å². The maximum absolute atomic E-state index is 4.65. The van der Waals surface area contributed by atoms with Crippen LogP contribution in [0, 0.1) is 13.8 Å². The van der Waals surface area contributed by atoms with Crippen molar-refractivity contribution in [1.82, 2.24) is 0 Å².